The highest BCUT2D eigenvalue weighted by molar-refractivity contribution is 7.13. The van der Waals surface area contributed by atoms with Gasteiger partial charge in [0, 0.05) is 50.2 Å². The fourth-order valence-electron chi connectivity index (χ4n) is 3.57. The Kier molecular flexibility index (Phi) is 5.31. The summed E-state index contributed by atoms with van der Waals surface area (Å²) in [5, 5.41) is 15.9. The molecule has 0 spiro atoms. The summed E-state index contributed by atoms with van der Waals surface area (Å²) in [6, 6.07) is 10.0. The number of hydrogen-bond donors (Lipinski definition) is 2. The van der Waals surface area contributed by atoms with Crippen molar-refractivity contribution in [1.29, 1.82) is 0 Å². The lowest BCUT2D eigenvalue weighted by molar-refractivity contribution is -0.135. The molecule has 2 atom stereocenters. The summed E-state index contributed by atoms with van der Waals surface area (Å²) in [5.41, 5.74) is 2.25. The maximum Gasteiger partial charge on any atom is 0.239 e. The van der Waals surface area contributed by atoms with Gasteiger partial charge in [-0.15, -0.1) is 11.3 Å². The third-order valence-electron chi connectivity index (χ3n) is 5.05. The molecule has 6 nitrogen and oxygen atoms in total. The lowest BCUT2D eigenvalue weighted by atomic mass is 10.1. The minimum absolute atomic E-state index is 0.126. The lowest BCUT2D eigenvalue weighted by Crippen LogP contribution is -2.52. The van der Waals surface area contributed by atoms with Gasteiger partial charge in [0.05, 0.1) is 17.8 Å². The summed E-state index contributed by atoms with van der Waals surface area (Å²) in [5.74, 6) is 0.126. The molecule has 2 fully saturated rings. The molecule has 2 unspecified atom stereocenters. The van der Waals surface area contributed by atoms with Crippen LogP contribution in [0, 0.1) is 0 Å². The number of carbonyl (C=O) groups excluding carboxylic acids is 1. The maximum absolute atomic E-state index is 12.5. The number of carbonyl (C=O) groups is 1. The Morgan fingerprint density at radius 1 is 1.23 bits per heavy atom. The maximum atomic E-state index is 12.5. The molecule has 0 radical (unpaired) electrons. The quantitative estimate of drug-likeness (QED) is 0.844. The number of thiazole rings is 1. The molecule has 2 saturated heterocycles. The second kappa shape index (κ2) is 7.84. The molecule has 2 N–H and O–H groups in total. The topological polar surface area (TPSA) is 68.7 Å². The Balaban J connectivity index is 1.29. The molecule has 138 valence electrons. The highest BCUT2D eigenvalue weighted by atomic mass is 32.1. The first-order chi connectivity index (χ1) is 12.7. The zero-order chi connectivity index (χ0) is 17.9. The van der Waals surface area contributed by atoms with E-state index in [2.05, 4.69) is 27.7 Å². The largest absolute Gasteiger partial charge is 0.392 e. The number of nitrogens with one attached hydrogen (secondary N) is 1. The Morgan fingerprint density at radius 3 is 2.69 bits per heavy atom. The minimum atomic E-state index is -0.395. The number of hydrogen-bond acceptors (Lipinski definition) is 6. The molecule has 2 aromatic rings. The van der Waals surface area contributed by atoms with Crippen molar-refractivity contribution < 1.29 is 9.90 Å². The zero-order valence-corrected chi connectivity index (χ0v) is 15.5. The lowest BCUT2D eigenvalue weighted by Gasteiger charge is -2.35. The Hall–Kier alpha value is -1.80. The van der Waals surface area contributed by atoms with Gasteiger partial charge in [0.2, 0.25) is 5.91 Å². The van der Waals surface area contributed by atoms with E-state index in [1.165, 1.54) is 0 Å². The summed E-state index contributed by atoms with van der Waals surface area (Å²) >= 11 is 1.68. The molecule has 0 bridgehead atoms. The van der Waals surface area contributed by atoms with Crippen LogP contribution in [0.4, 0.5) is 0 Å². The summed E-state index contributed by atoms with van der Waals surface area (Å²) in [7, 11) is 0. The van der Waals surface area contributed by atoms with E-state index in [9.17, 15) is 9.90 Å². The standard InChI is InChI=1S/C19H24N4O2S/c24-16-10-17(20-11-16)19(25)23-8-6-22(7-9-23)12-15-13-26-18(21-15)14-4-2-1-3-5-14/h1-5,13,16-17,20,24H,6-12H2. The van der Waals surface area contributed by atoms with E-state index in [0.717, 1.165) is 49.0 Å². The van der Waals surface area contributed by atoms with Gasteiger partial charge in [-0.3, -0.25) is 9.69 Å². The normalized spacial score (nSPS) is 24.1. The molecule has 3 heterocycles. The van der Waals surface area contributed by atoms with Gasteiger partial charge in [-0.25, -0.2) is 4.98 Å². The third kappa shape index (κ3) is 3.96. The third-order valence-corrected chi connectivity index (χ3v) is 5.99. The number of β-amino-alcohol motifs (C(OH)–C–C–N with tert-alkyl or cyclic N) is 1. The first-order valence-electron chi connectivity index (χ1n) is 9.11. The van der Waals surface area contributed by atoms with E-state index < -0.39 is 6.10 Å². The molecule has 7 heteroatoms. The highest BCUT2D eigenvalue weighted by Gasteiger charge is 2.32. The SMILES string of the molecule is O=C(C1CC(O)CN1)N1CCN(Cc2csc(-c3ccccc3)n2)CC1. The van der Waals surface area contributed by atoms with Crippen LogP contribution in [0.25, 0.3) is 10.6 Å². The monoisotopic (exact) mass is 372 g/mol. The highest BCUT2D eigenvalue weighted by Crippen LogP contribution is 2.24. The summed E-state index contributed by atoms with van der Waals surface area (Å²) in [4.78, 5) is 21.5. The number of benzene rings is 1. The van der Waals surface area contributed by atoms with Gasteiger partial charge in [-0.05, 0) is 6.42 Å². The van der Waals surface area contributed by atoms with Crippen molar-refractivity contribution in [2.45, 2.75) is 25.1 Å². The van der Waals surface area contributed by atoms with E-state index >= 15 is 0 Å². The molecule has 1 amide bonds. The molecule has 4 rings (SSSR count). The van der Waals surface area contributed by atoms with Crippen LogP contribution in [0.5, 0.6) is 0 Å². The first kappa shape index (κ1) is 17.6. The Bertz CT molecular complexity index is 743. The van der Waals surface area contributed by atoms with Crippen LogP contribution < -0.4 is 5.32 Å². The van der Waals surface area contributed by atoms with Gasteiger partial charge in [-0.1, -0.05) is 30.3 Å². The van der Waals surface area contributed by atoms with Crippen LogP contribution in [0.3, 0.4) is 0 Å². The molecular formula is C19H24N4O2S. The van der Waals surface area contributed by atoms with E-state index in [4.69, 9.17) is 4.98 Å². The van der Waals surface area contributed by atoms with Crippen molar-refractivity contribution in [3.63, 3.8) is 0 Å². The molecule has 1 aromatic carbocycles. The Labute approximate surface area is 157 Å². The molecule has 0 aliphatic carbocycles. The minimum Gasteiger partial charge on any atom is -0.392 e. The average molecular weight is 372 g/mol. The van der Waals surface area contributed by atoms with Gasteiger partial charge in [0.1, 0.15) is 5.01 Å². The Morgan fingerprint density at radius 2 is 2.00 bits per heavy atom. The smallest absolute Gasteiger partial charge is 0.239 e. The molecule has 0 saturated carbocycles. The molecule has 26 heavy (non-hydrogen) atoms. The van der Waals surface area contributed by atoms with Crippen LogP contribution in [-0.4, -0.2) is 70.7 Å². The van der Waals surface area contributed by atoms with Gasteiger partial charge >= 0.3 is 0 Å². The summed E-state index contributed by atoms with van der Waals surface area (Å²) < 4.78 is 0. The van der Waals surface area contributed by atoms with Crippen molar-refractivity contribution in [2.75, 3.05) is 32.7 Å². The van der Waals surface area contributed by atoms with Crippen molar-refractivity contribution >= 4 is 17.2 Å². The van der Waals surface area contributed by atoms with Crippen LogP contribution in [0.15, 0.2) is 35.7 Å². The summed E-state index contributed by atoms with van der Waals surface area (Å²) in [6.07, 6.45) is 0.133. The van der Waals surface area contributed by atoms with Crippen LogP contribution >= 0.6 is 11.3 Å². The number of rotatable bonds is 4. The summed E-state index contributed by atoms with van der Waals surface area (Å²) in [6.45, 7) is 4.54. The van der Waals surface area contributed by atoms with Crippen molar-refractivity contribution in [3.05, 3.63) is 41.4 Å². The van der Waals surface area contributed by atoms with Gasteiger partial charge in [-0.2, -0.15) is 0 Å². The second-order valence-corrected chi connectivity index (χ2v) is 7.82. The number of aliphatic hydroxyl groups is 1. The number of aromatic nitrogens is 1. The van der Waals surface area contributed by atoms with Crippen LogP contribution in [0.2, 0.25) is 0 Å². The van der Waals surface area contributed by atoms with Gasteiger partial charge in [0.15, 0.2) is 0 Å². The molecule has 1 aromatic heterocycles. The molecule has 2 aliphatic rings. The van der Waals surface area contributed by atoms with Crippen molar-refractivity contribution in [1.82, 2.24) is 20.1 Å². The molecule has 2 aliphatic heterocycles. The zero-order valence-electron chi connectivity index (χ0n) is 14.7. The fourth-order valence-corrected chi connectivity index (χ4v) is 4.39. The number of aliphatic hydroxyl groups excluding tert-OH is 1. The van der Waals surface area contributed by atoms with E-state index in [0.29, 0.717) is 13.0 Å². The van der Waals surface area contributed by atoms with Crippen LogP contribution in [-0.2, 0) is 11.3 Å². The predicted octanol–water partition coefficient (Wildman–Crippen LogP) is 1.18. The van der Waals surface area contributed by atoms with E-state index in [-0.39, 0.29) is 11.9 Å². The van der Waals surface area contributed by atoms with Crippen LogP contribution in [0.1, 0.15) is 12.1 Å². The molecular weight excluding hydrogens is 348 g/mol. The number of amides is 1. The fraction of sp³-hybridized carbons (Fsp3) is 0.474. The van der Waals surface area contributed by atoms with Gasteiger partial charge in [0.25, 0.3) is 0 Å². The first-order valence-corrected chi connectivity index (χ1v) is 9.99. The average Bonchev–Trinajstić information content (AvgIpc) is 3.32. The van der Waals surface area contributed by atoms with Gasteiger partial charge < -0.3 is 15.3 Å². The number of piperazine rings is 1. The predicted molar refractivity (Wildman–Crippen MR) is 102 cm³/mol. The number of nitrogens with zero attached hydrogens (tertiary/aromatic N) is 3. The van der Waals surface area contributed by atoms with Crippen molar-refractivity contribution in [2.24, 2.45) is 0 Å². The van der Waals surface area contributed by atoms with E-state index in [1.54, 1.807) is 11.3 Å². The van der Waals surface area contributed by atoms with Crippen molar-refractivity contribution in [3.8, 4) is 10.6 Å². The van der Waals surface area contributed by atoms with E-state index in [1.807, 2.05) is 23.1 Å². The second-order valence-electron chi connectivity index (χ2n) is 6.96.